The summed E-state index contributed by atoms with van der Waals surface area (Å²) >= 11 is 5.74. The first kappa shape index (κ1) is 10.8. The van der Waals surface area contributed by atoms with Crippen molar-refractivity contribution in [1.29, 1.82) is 0 Å². The van der Waals surface area contributed by atoms with Crippen LogP contribution in [0.15, 0.2) is 36.4 Å². The van der Waals surface area contributed by atoms with E-state index < -0.39 is 0 Å². The first-order chi connectivity index (χ1) is 6.83. The van der Waals surface area contributed by atoms with Crippen LogP contribution >= 0.6 is 11.6 Å². The van der Waals surface area contributed by atoms with E-state index in [1.54, 1.807) is 0 Å². The molecule has 0 N–H and O–H groups in total. The Bertz CT molecular complexity index is 304. The van der Waals surface area contributed by atoms with Crippen LogP contribution in [0.5, 0.6) is 0 Å². The van der Waals surface area contributed by atoms with Gasteiger partial charge in [0, 0.05) is 5.02 Å². The average molecular weight is 211 g/mol. The SMILES string of the molecule is O=COCC=CCc1ccc(Cl)cc1. The van der Waals surface area contributed by atoms with Crippen LogP contribution in [0.3, 0.4) is 0 Å². The molecule has 3 heteroatoms. The minimum Gasteiger partial charge on any atom is -0.464 e. The fourth-order valence-electron chi connectivity index (χ4n) is 1.00. The van der Waals surface area contributed by atoms with Crippen molar-refractivity contribution >= 4 is 18.1 Å². The monoisotopic (exact) mass is 210 g/mol. The molecule has 2 nitrogen and oxygen atoms in total. The summed E-state index contributed by atoms with van der Waals surface area (Å²) in [6, 6.07) is 7.64. The number of ether oxygens (including phenoxy) is 1. The molecule has 0 heterocycles. The Labute approximate surface area is 88.1 Å². The second-order valence-electron chi connectivity index (χ2n) is 2.73. The Morgan fingerprint density at radius 2 is 1.93 bits per heavy atom. The van der Waals surface area contributed by atoms with Gasteiger partial charge in [0.25, 0.3) is 6.47 Å². The van der Waals surface area contributed by atoms with Crippen LogP contribution in [-0.4, -0.2) is 13.1 Å². The number of benzene rings is 1. The van der Waals surface area contributed by atoms with Crippen LogP contribution in [0.25, 0.3) is 0 Å². The molecule has 0 unspecified atom stereocenters. The molecule has 0 spiro atoms. The maximum absolute atomic E-state index is 9.80. The van der Waals surface area contributed by atoms with E-state index in [2.05, 4.69) is 4.74 Å². The lowest BCUT2D eigenvalue weighted by Gasteiger charge is -1.95. The topological polar surface area (TPSA) is 26.3 Å². The summed E-state index contributed by atoms with van der Waals surface area (Å²) in [5, 5.41) is 0.738. The molecule has 0 saturated carbocycles. The number of allylic oxidation sites excluding steroid dienone is 1. The van der Waals surface area contributed by atoms with E-state index in [1.165, 1.54) is 5.56 Å². The summed E-state index contributed by atoms with van der Waals surface area (Å²) in [4.78, 5) is 9.80. The van der Waals surface area contributed by atoms with Gasteiger partial charge in [-0.05, 0) is 24.1 Å². The second-order valence-corrected chi connectivity index (χ2v) is 3.17. The summed E-state index contributed by atoms with van der Waals surface area (Å²) in [6.07, 6.45) is 4.58. The average Bonchev–Trinajstić information content (AvgIpc) is 2.21. The normalized spacial score (nSPS) is 10.4. The molecule has 0 bridgehead atoms. The lowest BCUT2D eigenvalue weighted by atomic mass is 10.1. The summed E-state index contributed by atoms with van der Waals surface area (Å²) < 4.78 is 4.50. The van der Waals surface area contributed by atoms with E-state index in [9.17, 15) is 4.79 Å². The molecular formula is C11H11ClO2. The lowest BCUT2D eigenvalue weighted by molar-refractivity contribution is -0.127. The fraction of sp³-hybridized carbons (Fsp3) is 0.182. The van der Waals surface area contributed by atoms with Gasteiger partial charge in [-0.1, -0.05) is 35.9 Å². The van der Waals surface area contributed by atoms with Gasteiger partial charge in [0.05, 0.1) is 0 Å². The molecule has 1 rings (SSSR count). The Kier molecular flexibility index (Phi) is 4.79. The third kappa shape index (κ3) is 4.10. The smallest absolute Gasteiger partial charge is 0.293 e. The molecule has 0 saturated heterocycles. The summed E-state index contributed by atoms with van der Waals surface area (Å²) in [6.45, 7) is 0.768. The van der Waals surface area contributed by atoms with Gasteiger partial charge in [-0.15, -0.1) is 0 Å². The molecule has 14 heavy (non-hydrogen) atoms. The molecule has 0 aliphatic carbocycles. The van der Waals surface area contributed by atoms with E-state index >= 15 is 0 Å². The molecule has 74 valence electrons. The maximum Gasteiger partial charge on any atom is 0.293 e. The first-order valence-corrected chi connectivity index (χ1v) is 4.65. The molecule has 0 amide bonds. The zero-order chi connectivity index (χ0) is 10.2. The highest BCUT2D eigenvalue weighted by molar-refractivity contribution is 6.30. The summed E-state index contributed by atoms with van der Waals surface area (Å²) in [5.74, 6) is 0. The van der Waals surface area contributed by atoms with Gasteiger partial charge in [0.15, 0.2) is 0 Å². The minimum absolute atomic E-state index is 0.330. The number of carbonyl (C=O) groups is 1. The fourth-order valence-corrected chi connectivity index (χ4v) is 1.13. The second kappa shape index (κ2) is 6.22. The predicted octanol–water partition coefficient (Wildman–Crippen LogP) is 2.61. The van der Waals surface area contributed by atoms with Crippen LogP contribution in [0.4, 0.5) is 0 Å². The zero-order valence-corrected chi connectivity index (χ0v) is 8.41. The molecule has 0 aromatic heterocycles. The molecule has 1 aromatic carbocycles. The minimum atomic E-state index is 0.330. The molecule has 0 fully saturated rings. The largest absolute Gasteiger partial charge is 0.464 e. The van der Waals surface area contributed by atoms with Crippen LogP contribution < -0.4 is 0 Å². The molecule has 1 aromatic rings. The van der Waals surface area contributed by atoms with E-state index in [0.29, 0.717) is 13.1 Å². The summed E-state index contributed by atoms with van der Waals surface area (Å²) in [5.41, 5.74) is 1.18. The van der Waals surface area contributed by atoms with Crippen molar-refractivity contribution < 1.29 is 9.53 Å². The third-order valence-corrected chi connectivity index (χ3v) is 1.95. The number of rotatable bonds is 5. The Balaban J connectivity index is 2.34. The maximum atomic E-state index is 9.80. The van der Waals surface area contributed by atoms with Crippen molar-refractivity contribution in [3.63, 3.8) is 0 Å². The number of hydrogen-bond donors (Lipinski definition) is 0. The number of carbonyl (C=O) groups excluding carboxylic acids is 1. The molecule has 0 aliphatic heterocycles. The predicted molar refractivity (Wildman–Crippen MR) is 56.3 cm³/mol. The van der Waals surface area contributed by atoms with Crippen molar-refractivity contribution in [3.8, 4) is 0 Å². The highest BCUT2D eigenvalue weighted by Crippen LogP contribution is 2.09. The van der Waals surface area contributed by atoms with Gasteiger partial charge >= 0.3 is 0 Å². The van der Waals surface area contributed by atoms with E-state index in [1.807, 2.05) is 36.4 Å². The Morgan fingerprint density at radius 3 is 2.57 bits per heavy atom. The molecule has 0 atom stereocenters. The van der Waals surface area contributed by atoms with Gasteiger partial charge in [-0.2, -0.15) is 0 Å². The molecular weight excluding hydrogens is 200 g/mol. The van der Waals surface area contributed by atoms with Gasteiger partial charge in [0.2, 0.25) is 0 Å². The van der Waals surface area contributed by atoms with Crippen molar-refractivity contribution in [3.05, 3.63) is 47.0 Å². The van der Waals surface area contributed by atoms with Crippen molar-refractivity contribution in [2.45, 2.75) is 6.42 Å². The molecule has 0 radical (unpaired) electrons. The lowest BCUT2D eigenvalue weighted by Crippen LogP contribution is -1.86. The van der Waals surface area contributed by atoms with Crippen LogP contribution in [0.2, 0.25) is 5.02 Å². The first-order valence-electron chi connectivity index (χ1n) is 4.27. The summed E-state index contributed by atoms with van der Waals surface area (Å²) in [7, 11) is 0. The van der Waals surface area contributed by atoms with E-state index in [0.717, 1.165) is 11.4 Å². The Morgan fingerprint density at radius 1 is 1.21 bits per heavy atom. The zero-order valence-electron chi connectivity index (χ0n) is 7.65. The van der Waals surface area contributed by atoms with Gasteiger partial charge in [-0.3, -0.25) is 4.79 Å². The Hall–Kier alpha value is -1.28. The highest BCUT2D eigenvalue weighted by Gasteiger charge is 1.89. The quantitative estimate of drug-likeness (QED) is 0.424. The standard InChI is InChI=1S/C11H11ClO2/c12-11-6-4-10(5-7-11)3-1-2-8-14-9-13/h1-2,4-7,9H,3,8H2. The van der Waals surface area contributed by atoms with Crippen LogP contribution in [0, 0.1) is 0 Å². The van der Waals surface area contributed by atoms with Crippen molar-refractivity contribution in [2.24, 2.45) is 0 Å². The van der Waals surface area contributed by atoms with E-state index in [4.69, 9.17) is 11.6 Å². The van der Waals surface area contributed by atoms with Crippen molar-refractivity contribution in [2.75, 3.05) is 6.61 Å². The van der Waals surface area contributed by atoms with E-state index in [-0.39, 0.29) is 0 Å². The van der Waals surface area contributed by atoms with Crippen LogP contribution in [-0.2, 0) is 16.0 Å². The van der Waals surface area contributed by atoms with Crippen molar-refractivity contribution in [1.82, 2.24) is 0 Å². The molecule has 0 aliphatic rings. The van der Waals surface area contributed by atoms with Crippen LogP contribution in [0.1, 0.15) is 5.56 Å². The number of halogens is 1. The third-order valence-electron chi connectivity index (χ3n) is 1.69. The number of hydrogen-bond acceptors (Lipinski definition) is 2. The van der Waals surface area contributed by atoms with Gasteiger partial charge < -0.3 is 4.74 Å². The van der Waals surface area contributed by atoms with Gasteiger partial charge in [0.1, 0.15) is 6.61 Å². The highest BCUT2D eigenvalue weighted by atomic mass is 35.5. The van der Waals surface area contributed by atoms with Gasteiger partial charge in [-0.25, -0.2) is 0 Å².